The van der Waals surface area contributed by atoms with E-state index in [9.17, 15) is 12.8 Å². The van der Waals surface area contributed by atoms with E-state index in [-0.39, 0.29) is 16.3 Å². The highest BCUT2D eigenvalue weighted by molar-refractivity contribution is 7.92. The van der Waals surface area contributed by atoms with Crippen LogP contribution in [0.3, 0.4) is 0 Å². The first kappa shape index (κ1) is 24.9. The number of nitrogens with one attached hydrogen (secondary N) is 1. The number of hydrogen-bond acceptors (Lipinski definition) is 7. The van der Waals surface area contributed by atoms with Crippen LogP contribution in [0.15, 0.2) is 65.7 Å². The topological polar surface area (TPSA) is 80.8 Å². The summed E-state index contributed by atoms with van der Waals surface area (Å²) in [7, 11) is -2.47. The molecule has 4 aromatic rings. The number of ether oxygens (including phenoxy) is 2. The number of halogens is 1. The van der Waals surface area contributed by atoms with Crippen molar-refractivity contribution in [3.8, 4) is 17.2 Å². The fourth-order valence-corrected chi connectivity index (χ4v) is 5.73. The molecule has 0 aliphatic heterocycles. The third-order valence-electron chi connectivity index (χ3n) is 5.46. The van der Waals surface area contributed by atoms with Gasteiger partial charge in [0, 0.05) is 35.8 Å². The summed E-state index contributed by atoms with van der Waals surface area (Å²) in [5, 5.41) is 0. The summed E-state index contributed by atoms with van der Waals surface area (Å²) in [5.41, 5.74) is 0.868. The average molecular weight is 516 g/mol. The Balaban J connectivity index is 1.55. The number of nitrogens with zero attached hydrogens (tertiary/aromatic N) is 2. The van der Waals surface area contributed by atoms with Crippen molar-refractivity contribution >= 4 is 37.3 Å². The van der Waals surface area contributed by atoms with Crippen LogP contribution in [0, 0.1) is 5.82 Å². The molecule has 0 fully saturated rings. The number of anilines is 1. The third kappa shape index (κ3) is 5.72. The van der Waals surface area contributed by atoms with Crippen molar-refractivity contribution in [1.29, 1.82) is 0 Å². The lowest BCUT2D eigenvalue weighted by Gasteiger charge is -2.16. The van der Waals surface area contributed by atoms with E-state index < -0.39 is 15.8 Å². The van der Waals surface area contributed by atoms with Crippen molar-refractivity contribution in [2.75, 3.05) is 24.9 Å². The molecule has 2 aromatic carbocycles. The molecule has 0 aliphatic carbocycles. The Hall–Kier alpha value is -3.21. The molecule has 4 rings (SSSR count). The van der Waals surface area contributed by atoms with Gasteiger partial charge in [0.25, 0.3) is 10.0 Å². The molecule has 0 saturated carbocycles. The predicted molar refractivity (Wildman–Crippen MR) is 137 cm³/mol. The average Bonchev–Trinajstić information content (AvgIpc) is 3.27. The van der Waals surface area contributed by atoms with Crippen molar-refractivity contribution in [2.24, 2.45) is 0 Å². The molecule has 7 nitrogen and oxygen atoms in total. The zero-order valence-electron chi connectivity index (χ0n) is 19.6. The van der Waals surface area contributed by atoms with Gasteiger partial charge in [0.05, 0.1) is 27.9 Å². The van der Waals surface area contributed by atoms with E-state index in [2.05, 4.69) is 28.5 Å². The van der Waals surface area contributed by atoms with Gasteiger partial charge in [-0.15, -0.1) is 11.3 Å². The van der Waals surface area contributed by atoms with Crippen LogP contribution in [0.4, 0.5) is 10.1 Å². The van der Waals surface area contributed by atoms with Crippen LogP contribution < -0.4 is 14.2 Å². The number of thiophene rings is 1. The minimum atomic E-state index is -3.92. The first-order valence-electron chi connectivity index (χ1n) is 11.1. The zero-order valence-corrected chi connectivity index (χ0v) is 21.2. The van der Waals surface area contributed by atoms with E-state index in [4.69, 9.17) is 9.47 Å². The highest BCUT2D eigenvalue weighted by Crippen LogP contribution is 2.36. The number of benzene rings is 2. The van der Waals surface area contributed by atoms with Crippen molar-refractivity contribution < 1.29 is 22.3 Å². The Kier molecular flexibility index (Phi) is 7.54. The maximum atomic E-state index is 14.9. The molecule has 0 spiro atoms. The van der Waals surface area contributed by atoms with E-state index in [0.29, 0.717) is 11.5 Å². The van der Waals surface area contributed by atoms with E-state index in [1.807, 2.05) is 6.07 Å². The molecule has 0 atom stereocenters. The van der Waals surface area contributed by atoms with Crippen LogP contribution in [0.5, 0.6) is 17.2 Å². The number of aromatic nitrogens is 1. The number of sulfonamides is 1. The monoisotopic (exact) mass is 515 g/mol. The first-order chi connectivity index (χ1) is 16.8. The predicted octanol–water partition coefficient (Wildman–Crippen LogP) is 5.88. The normalized spacial score (nSPS) is 11.7. The van der Waals surface area contributed by atoms with Gasteiger partial charge in [-0.25, -0.2) is 12.8 Å². The Morgan fingerprint density at radius 2 is 1.86 bits per heavy atom. The van der Waals surface area contributed by atoms with Gasteiger partial charge in [-0.1, -0.05) is 19.9 Å². The van der Waals surface area contributed by atoms with Crippen LogP contribution in [0.2, 0.25) is 0 Å². The molecule has 0 radical (unpaired) electrons. The van der Waals surface area contributed by atoms with Gasteiger partial charge in [-0.2, -0.15) is 0 Å². The van der Waals surface area contributed by atoms with Gasteiger partial charge < -0.3 is 9.47 Å². The summed E-state index contributed by atoms with van der Waals surface area (Å²) < 4.78 is 54.5. The molecule has 2 aromatic heterocycles. The molecule has 1 N–H and O–H groups in total. The van der Waals surface area contributed by atoms with Crippen LogP contribution >= 0.6 is 11.3 Å². The number of methoxy groups -OCH3 is 1. The Bertz CT molecular complexity index is 1440. The van der Waals surface area contributed by atoms with Crippen LogP contribution in [0.25, 0.3) is 10.2 Å². The molecule has 184 valence electrons. The highest BCUT2D eigenvalue weighted by Gasteiger charge is 2.17. The minimum absolute atomic E-state index is 0.00923. The standard InChI is InChI=1S/C25H26FN3O4S2/c1-4-29(5-2)16-19-15-22-25(34-19)24(11-12-27-22)33-23-10-9-17(13-21(23)26)28-35(30,31)20-8-6-7-18(14-20)32-3/h6-15,28H,4-5,16H2,1-3H3. The molecule has 0 saturated heterocycles. The molecular formula is C25H26FN3O4S2. The lowest BCUT2D eigenvalue weighted by atomic mass is 10.3. The molecule has 10 heteroatoms. The third-order valence-corrected chi connectivity index (χ3v) is 7.96. The SMILES string of the molecule is CCN(CC)Cc1cc2nccc(Oc3ccc(NS(=O)(=O)c4cccc(OC)c4)cc3F)c2s1. The van der Waals surface area contributed by atoms with Gasteiger partial charge >= 0.3 is 0 Å². The summed E-state index contributed by atoms with van der Waals surface area (Å²) in [6.07, 6.45) is 1.63. The van der Waals surface area contributed by atoms with Gasteiger partial charge in [0.2, 0.25) is 0 Å². The lowest BCUT2D eigenvalue weighted by molar-refractivity contribution is 0.298. The fraction of sp³-hybridized carbons (Fsp3) is 0.240. The smallest absolute Gasteiger partial charge is 0.262 e. The Morgan fingerprint density at radius 1 is 1.06 bits per heavy atom. The van der Waals surface area contributed by atoms with E-state index in [0.717, 1.165) is 40.8 Å². The second-order valence-corrected chi connectivity index (χ2v) is 10.5. The molecule has 0 unspecified atom stereocenters. The molecule has 0 aliphatic rings. The largest absolute Gasteiger partial charge is 0.497 e. The van der Waals surface area contributed by atoms with E-state index in [1.165, 1.54) is 31.4 Å². The van der Waals surface area contributed by atoms with Gasteiger partial charge in [-0.05, 0) is 43.4 Å². The van der Waals surface area contributed by atoms with Gasteiger partial charge in [0.15, 0.2) is 11.6 Å². The zero-order chi connectivity index (χ0) is 25.0. The summed E-state index contributed by atoms with van der Waals surface area (Å²) in [5.74, 6) is 0.191. The van der Waals surface area contributed by atoms with Gasteiger partial charge in [0.1, 0.15) is 11.5 Å². The second kappa shape index (κ2) is 10.6. The molecule has 0 amide bonds. The quantitative estimate of drug-likeness (QED) is 0.284. The highest BCUT2D eigenvalue weighted by atomic mass is 32.2. The van der Waals surface area contributed by atoms with Crippen molar-refractivity contribution in [3.05, 3.63) is 71.5 Å². The van der Waals surface area contributed by atoms with Crippen molar-refractivity contribution in [2.45, 2.75) is 25.3 Å². The summed E-state index contributed by atoms with van der Waals surface area (Å²) in [6, 6.07) is 13.7. The Labute approximate surface area is 208 Å². The van der Waals surface area contributed by atoms with E-state index >= 15 is 0 Å². The summed E-state index contributed by atoms with van der Waals surface area (Å²) in [4.78, 5) is 7.87. The van der Waals surface area contributed by atoms with Crippen molar-refractivity contribution in [3.63, 3.8) is 0 Å². The maximum Gasteiger partial charge on any atom is 0.262 e. The summed E-state index contributed by atoms with van der Waals surface area (Å²) >= 11 is 1.57. The molecule has 0 bridgehead atoms. The maximum absolute atomic E-state index is 14.9. The second-order valence-electron chi connectivity index (χ2n) is 7.73. The van der Waals surface area contributed by atoms with Crippen LogP contribution in [-0.4, -0.2) is 38.5 Å². The van der Waals surface area contributed by atoms with Crippen LogP contribution in [-0.2, 0) is 16.6 Å². The van der Waals surface area contributed by atoms with Crippen LogP contribution in [0.1, 0.15) is 18.7 Å². The number of fused-ring (bicyclic) bond motifs is 1. The van der Waals surface area contributed by atoms with E-state index in [1.54, 1.807) is 35.7 Å². The molecular weight excluding hydrogens is 489 g/mol. The lowest BCUT2D eigenvalue weighted by Crippen LogP contribution is -2.21. The minimum Gasteiger partial charge on any atom is -0.497 e. The van der Waals surface area contributed by atoms with Crippen molar-refractivity contribution in [1.82, 2.24) is 9.88 Å². The molecule has 2 heterocycles. The number of pyridine rings is 1. The molecule has 35 heavy (non-hydrogen) atoms. The van der Waals surface area contributed by atoms with Gasteiger partial charge in [-0.3, -0.25) is 14.6 Å². The number of rotatable bonds is 10. The summed E-state index contributed by atoms with van der Waals surface area (Å²) in [6.45, 7) is 6.94. The first-order valence-corrected chi connectivity index (χ1v) is 13.4. The fourth-order valence-electron chi connectivity index (χ4n) is 3.54. The Morgan fingerprint density at radius 3 is 2.57 bits per heavy atom. The number of hydrogen-bond donors (Lipinski definition) is 1.